The normalized spacial score (nSPS) is 22.5. The highest BCUT2D eigenvalue weighted by molar-refractivity contribution is 6.34. The zero-order chi connectivity index (χ0) is 21.5. The summed E-state index contributed by atoms with van der Waals surface area (Å²) < 4.78 is 42.4. The minimum atomic E-state index is -4.72. The SMILES string of the molecule is CO/N=C1\CCCc2cc(C3=NOC(c4cc(Cl)cc(Cl)c4)(C(F)(F)F)C3)ccc21. The second kappa shape index (κ2) is 7.78. The van der Waals surface area contributed by atoms with Gasteiger partial charge in [0.25, 0.3) is 5.60 Å². The Morgan fingerprint density at radius 2 is 1.83 bits per heavy atom. The number of nitrogens with zero attached hydrogens (tertiary/aromatic N) is 2. The van der Waals surface area contributed by atoms with Crippen LogP contribution in [0.2, 0.25) is 10.0 Å². The fraction of sp³-hybridized carbons (Fsp3) is 0.333. The van der Waals surface area contributed by atoms with E-state index in [1.807, 2.05) is 12.1 Å². The number of halogens is 5. The first kappa shape index (κ1) is 21.0. The predicted octanol–water partition coefficient (Wildman–Crippen LogP) is 6.26. The Morgan fingerprint density at radius 3 is 2.50 bits per heavy atom. The van der Waals surface area contributed by atoms with Crippen LogP contribution < -0.4 is 0 Å². The van der Waals surface area contributed by atoms with Crippen LogP contribution in [0.25, 0.3) is 0 Å². The van der Waals surface area contributed by atoms with Gasteiger partial charge in [0.1, 0.15) is 7.11 Å². The number of hydrogen-bond donors (Lipinski definition) is 0. The molecule has 0 aromatic heterocycles. The van der Waals surface area contributed by atoms with Gasteiger partial charge in [-0.1, -0.05) is 45.6 Å². The average Bonchev–Trinajstić information content (AvgIpc) is 3.14. The van der Waals surface area contributed by atoms with Crippen LogP contribution >= 0.6 is 23.2 Å². The van der Waals surface area contributed by atoms with Crippen molar-refractivity contribution in [2.45, 2.75) is 37.5 Å². The molecule has 1 unspecified atom stereocenters. The molecule has 1 heterocycles. The fourth-order valence-corrected chi connectivity index (χ4v) is 4.42. The number of fused-ring (bicyclic) bond motifs is 1. The van der Waals surface area contributed by atoms with E-state index < -0.39 is 18.2 Å². The quantitative estimate of drug-likeness (QED) is 0.511. The summed E-state index contributed by atoms with van der Waals surface area (Å²) >= 11 is 11.9. The highest BCUT2D eigenvalue weighted by Gasteiger charge is 2.62. The number of alkyl halides is 3. The standard InChI is InChI=1S/C21H17Cl2F3N2O2/c1-29-27-18-4-2-3-12-7-13(5-6-17(12)18)19-11-20(30-28-19,21(24,25)26)14-8-15(22)10-16(23)9-14/h5-10H,2-4,11H2,1H3/b27-18+. The second-order valence-corrected chi connectivity index (χ2v) is 8.11. The maximum Gasteiger partial charge on any atom is 0.435 e. The van der Waals surface area contributed by atoms with Crippen LogP contribution in [0.1, 0.15) is 41.5 Å². The minimum Gasteiger partial charge on any atom is -0.399 e. The molecule has 0 saturated heterocycles. The molecule has 158 valence electrons. The van der Waals surface area contributed by atoms with Crippen molar-refractivity contribution < 1.29 is 22.8 Å². The zero-order valence-electron chi connectivity index (χ0n) is 15.9. The lowest BCUT2D eigenvalue weighted by Gasteiger charge is -2.29. The van der Waals surface area contributed by atoms with E-state index >= 15 is 0 Å². The summed E-state index contributed by atoms with van der Waals surface area (Å²) in [7, 11) is 1.49. The molecule has 1 aliphatic heterocycles. The minimum absolute atomic E-state index is 0.0944. The molecule has 0 N–H and O–H groups in total. The Labute approximate surface area is 181 Å². The number of rotatable bonds is 3. The Bertz CT molecular complexity index is 1030. The average molecular weight is 457 g/mol. The van der Waals surface area contributed by atoms with Gasteiger partial charge in [0.15, 0.2) is 0 Å². The first-order valence-electron chi connectivity index (χ1n) is 9.25. The van der Waals surface area contributed by atoms with E-state index in [1.165, 1.54) is 25.3 Å². The van der Waals surface area contributed by atoms with Gasteiger partial charge in [-0.05, 0) is 54.7 Å². The topological polar surface area (TPSA) is 43.2 Å². The highest BCUT2D eigenvalue weighted by atomic mass is 35.5. The van der Waals surface area contributed by atoms with E-state index in [4.69, 9.17) is 32.9 Å². The van der Waals surface area contributed by atoms with E-state index in [9.17, 15) is 13.2 Å². The molecule has 0 amide bonds. The number of oxime groups is 2. The zero-order valence-corrected chi connectivity index (χ0v) is 17.4. The Morgan fingerprint density at radius 1 is 1.10 bits per heavy atom. The van der Waals surface area contributed by atoms with Crippen molar-refractivity contribution in [1.82, 2.24) is 0 Å². The largest absolute Gasteiger partial charge is 0.435 e. The lowest BCUT2D eigenvalue weighted by atomic mass is 9.84. The van der Waals surface area contributed by atoms with Crippen LogP contribution in [-0.4, -0.2) is 24.7 Å². The summed E-state index contributed by atoms with van der Waals surface area (Å²) in [6.07, 6.45) is -2.73. The van der Waals surface area contributed by atoms with E-state index in [0.717, 1.165) is 36.1 Å². The smallest absolute Gasteiger partial charge is 0.399 e. The Hall–Kier alpha value is -2.25. The van der Waals surface area contributed by atoms with E-state index in [-0.39, 0.29) is 21.3 Å². The summed E-state index contributed by atoms with van der Waals surface area (Å²) in [6.45, 7) is 0. The van der Waals surface area contributed by atoms with Gasteiger partial charge >= 0.3 is 6.18 Å². The van der Waals surface area contributed by atoms with Gasteiger partial charge in [0.05, 0.1) is 11.4 Å². The van der Waals surface area contributed by atoms with E-state index in [0.29, 0.717) is 5.56 Å². The van der Waals surface area contributed by atoms with Gasteiger partial charge in [-0.2, -0.15) is 13.2 Å². The molecule has 9 heteroatoms. The summed E-state index contributed by atoms with van der Waals surface area (Å²) in [5.41, 5.74) is 0.721. The first-order valence-corrected chi connectivity index (χ1v) is 10.0. The van der Waals surface area contributed by atoms with Crippen molar-refractivity contribution in [3.05, 3.63) is 68.7 Å². The molecule has 1 atom stereocenters. The van der Waals surface area contributed by atoms with Crippen LogP contribution in [0, 0.1) is 0 Å². The number of aryl methyl sites for hydroxylation is 1. The van der Waals surface area contributed by atoms with Crippen LogP contribution in [-0.2, 0) is 21.7 Å². The molecule has 0 spiro atoms. The molecule has 2 aliphatic rings. The van der Waals surface area contributed by atoms with Gasteiger partial charge in [-0.15, -0.1) is 0 Å². The molecule has 2 aromatic carbocycles. The van der Waals surface area contributed by atoms with Gasteiger partial charge in [-0.3, -0.25) is 0 Å². The highest BCUT2D eigenvalue weighted by Crippen LogP contribution is 2.49. The third-order valence-electron chi connectivity index (χ3n) is 5.33. The summed E-state index contributed by atoms with van der Waals surface area (Å²) in [5, 5.41) is 8.06. The number of hydrogen-bond acceptors (Lipinski definition) is 4. The Balaban J connectivity index is 1.71. The Kier molecular flexibility index (Phi) is 5.45. The summed E-state index contributed by atoms with van der Waals surface area (Å²) in [6, 6.07) is 9.21. The van der Waals surface area contributed by atoms with Gasteiger partial charge in [0, 0.05) is 27.6 Å². The van der Waals surface area contributed by atoms with Gasteiger partial charge in [0.2, 0.25) is 0 Å². The third kappa shape index (κ3) is 3.65. The lowest BCUT2D eigenvalue weighted by molar-refractivity contribution is -0.275. The van der Waals surface area contributed by atoms with Crippen molar-refractivity contribution in [3.63, 3.8) is 0 Å². The maximum absolute atomic E-state index is 14.1. The van der Waals surface area contributed by atoms with Crippen molar-refractivity contribution in [2.24, 2.45) is 10.3 Å². The molecule has 4 rings (SSSR count). The first-order chi connectivity index (χ1) is 14.2. The van der Waals surface area contributed by atoms with Crippen LogP contribution in [0.15, 0.2) is 46.7 Å². The van der Waals surface area contributed by atoms with Crippen LogP contribution in [0.4, 0.5) is 13.2 Å². The van der Waals surface area contributed by atoms with E-state index in [1.54, 1.807) is 6.07 Å². The molecule has 0 fully saturated rings. The monoisotopic (exact) mass is 456 g/mol. The summed E-state index contributed by atoms with van der Waals surface area (Å²) in [4.78, 5) is 9.97. The van der Waals surface area contributed by atoms with Gasteiger partial charge < -0.3 is 9.68 Å². The molecular formula is C21H17Cl2F3N2O2. The number of benzene rings is 2. The molecule has 1 aliphatic carbocycles. The molecule has 2 aromatic rings. The van der Waals surface area contributed by atoms with Crippen molar-refractivity contribution >= 4 is 34.6 Å². The maximum atomic E-state index is 14.1. The lowest BCUT2D eigenvalue weighted by Crippen LogP contribution is -2.42. The fourth-order valence-electron chi connectivity index (χ4n) is 3.89. The van der Waals surface area contributed by atoms with Crippen molar-refractivity contribution in [1.29, 1.82) is 0 Å². The van der Waals surface area contributed by atoms with Crippen LogP contribution in [0.5, 0.6) is 0 Å². The van der Waals surface area contributed by atoms with Crippen LogP contribution in [0.3, 0.4) is 0 Å². The predicted molar refractivity (Wildman–Crippen MR) is 109 cm³/mol. The molecular weight excluding hydrogens is 440 g/mol. The van der Waals surface area contributed by atoms with E-state index in [2.05, 4.69) is 10.3 Å². The molecule has 0 radical (unpaired) electrons. The molecule has 0 bridgehead atoms. The van der Waals surface area contributed by atoms with Crippen molar-refractivity contribution in [3.8, 4) is 0 Å². The third-order valence-corrected chi connectivity index (χ3v) is 5.76. The van der Waals surface area contributed by atoms with Crippen molar-refractivity contribution in [2.75, 3.05) is 7.11 Å². The van der Waals surface area contributed by atoms with Gasteiger partial charge in [-0.25, -0.2) is 0 Å². The second-order valence-electron chi connectivity index (χ2n) is 7.23. The molecule has 30 heavy (non-hydrogen) atoms. The molecule has 4 nitrogen and oxygen atoms in total. The summed E-state index contributed by atoms with van der Waals surface area (Å²) in [5.74, 6) is 0. The molecule has 0 saturated carbocycles.